The molecule has 1 aromatic rings. The van der Waals surface area contributed by atoms with Crippen LogP contribution in [0, 0.1) is 0 Å². The minimum Gasteiger partial charge on any atom is -0.383 e. The molecule has 1 aliphatic rings. The van der Waals surface area contributed by atoms with Crippen LogP contribution in [0.15, 0.2) is 24.3 Å². The topological polar surface area (TPSA) is 38.5 Å². The van der Waals surface area contributed by atoms with Gasteiger partial charge >= 0.3 is 0 Å². The Morgan fingerprint density at radius 1 is 1.28 bits per heavy atom. The summed E-state index contributed by atoms with van der Waals surface area (Å²) in [7, 11) is 1.79. The second-order valence-corrected chi connectivity index (χ2v) is 5.08. The Morgan fingerprint density at radius 2 is 2.00 bits per heavy atom. The fourth-order valence-electron chi connectivity index (χ4n) is 2.70. The van der Waals surface area contributed by atoms with Gasteiger partial charge in [0.05, 0.1) is 6.61 Å². The molecule has 0 radical (unpaired) electrons. The Kier molecular flexibility index (Phi) is 5.17. The largest absolute Gasteiger partial charge is 0.383 e. The monoisotopic (exact) mass is 248 g/mol. The van der Waals surface area contributed by atoms with Crippen LogP contribution in [0.25, 0.3) is 0 Å². The van der Waals surface area contributed by atoms with Crippen molar-refractivity contribution in [1.29, 1.82) is 0 Å². The Balaban J connectivity index is 1.92. The van der Waals surface area contributed by atoms with Gasteiger partial charge in [0.1, 0.15) is 0 Å². The number of benzene rings is 1. The molecule has 0 aliphatic carbocycles. The molecule has 0 amide bonds. The van der Waals surface area contributed by atoms with Gasteiger partial charge in [-0.05, 0) is 43.5 Å². The van der Waals surface area contributed by atoms with Crippen molar-refractivity contribution in [3.63, 3.8) is 0 Å². The van der Waals surface area contributed by atoms with E-state index in [9.17, 15) is 0 Å². The van der Waals surface area contributed by atoms with Crippen LogP contribution in [-0.4, -0.2) is 37.7 Å². The first-order valence-corrected chi connectivity index (χ1v) is 6.84. The zero-order valence-corrected chi connectivity index (χ0v) is 11.3. The zero-order chi connectivity index (χ0) is 12.8. The third-order valence-electron chi connectivity index (χ3n) is 3.70. The van der Waals surface area contributed by atoms with Gasteiger partial charge in [-0.1, -0.05) is 24.3 Å². The summed E-state index contributed by atoms with van der Waals surface area (Å²) in [4.78, 5) is 2.53. The summed E-state index contributed by atoms with van der Waals surface area (Å²) in [6.45, 7) is 3.81. The van der Waals surface area contributed by atoms with Crippen LogP contribution in [0.5, 0.6) is 0 Å². The lowest BCUT2D eigenvalue weighted by atomic mass is 10.1. The highest BCUT2D eigenvalue weighted by atomic mass is 16.5. The van der Waals surface area contributed by atoms with E-state index < -0.39 is 0 Å². The van der Waals surface area contributed by atoms with Crippen LogP contribution in [0.4, 0.5) is 0 Å². The number of likely N-dealkylation sites (tertiary alicyclic amines) is 1. The van der Waals surface area contributed by atoms with Gasteiger partial charge in [0.2, 0.25) is 0 Å². The molecule has 2 rings (SSSR count). The molecular weight excluding hydrogens is 224 g/mol. The van der Waals surface area contributed by atoms with Gasteiger partial charge in [0.25, 0.3) is 0 Å². The predicted octanol–water partition coefficient (Wildman–Crippen LogP) is 1.80. The number of nitrogens with two attached hydrogens (primary N) is 1. The number of methoxy groups -OCH3 is 1. The summed E-state index contributed by atoms with van der Waals surface area (Å²) in [5.41, 5.74) is 8.28. The van der Waals surface area contributed by atoms with Gasteiger partial charge in [-0.25, -0.2) is 0 Å². The van der Waals surface area contributed by atoms with Crippen LogP contribution in [-0.2, 0) is 17.7 Å². The maximum absolute atomic E-state index is 5.56. The number of nitrogens with zero attached hydrogens (tertiary/aromatic N) is 1. The molecule has 1 aromatic carbocycles. The number of rotatable bonds is 6. The fraction of sp³-hybridized carbons (Fsp3) is 0.600. The SMILES string of the molecule is COCC1CCCN1Cc1ccc(CCN)cc1. The molecule has 0 bridgehead atoms. The Hall–Kier alpha value is -0.900. The Bertz CT molecular complexity index is 350. The van der Waals surface area contributed by atoms with E-state index in [1.54, 1.807) is 7.11 Å². The Labute approximate surface area is 110 Å². The molecule has 0 saturated carbocycles. The lowest BCUT2D eigenvalue weighted by Crippen LogP contribution is -2.32. The third kappa shape index (κ3) is 3.55. The maximum atomic E-state index is 5.56. The van der Waals surface area contributed by atoms with Crippen LogP contribution < -0.4 is 5.73 Å². The van der Waals surface area contributed by atoms with Crippen molar-refractivity contribution in [2.24, 2.45) is 5.73 Å². The smallest absolute Gasteiger partial charge is 0.0618 e. The molecule has 3 nitrogen and oxygen atoms in total. The van der Waals surface area contributed by atoms with Crippen LogP contribution in [0.1, 0.15) is 24.0 Å². The van der Waals surface area contributed by atoms with E-state index in [0.29, 0.717) is 6.04 Å². The molecule has 1 fully saturated rings. The molecule has 1 aliphatic heterocycles. The first kappa shape index (κ1) is 13.5. The van der Waals surface area contributed by atoms with E-state index in [2.05, 4.69) is 29.2 Å². The van der Waals surface area contributed by atoms with E-state index in [1.807, 2.05) is 0 Å². The van der Waals surface area contributed by atoms with Crippen molar-refractivity contribution in [1.82, 2.24) is 4.90 Å². The summed E-state index contributed by atoms with van der Waals surface area (Å²) in [6, 6.07) is 9.45. The molecule has 3 heteroatoms. The first-order valence-electron chi connectivity index (χ1n) is 6.84. The average molecular weight is 248 g/mol. The maximum Gasteiger partial charge on any atom is 0.0618 e. The number of hydrogen-bond donors (Lipinski definition) is 1. The van der Waals surface area contributed by atoms with Crippen molar-refractivity contribution >= 4 is 0 Å². The quantitative estimate of drug-likeness (QED) is 0.834. The predicted molar refractivity (Wildman–Crippen MR) is 74.5 cm³/mol. The molecule has 1 unspecified atom stereocenters. The third-order valence-corrected chi connectivity index (χ3v) is 3.70. The minimum absolute atomic E-state index is 0.596. The highest BCUT2D eigenvalue weighted by molar-refractivity contribution is 5.23. The number of hydrogen-bond acceptors (Lipinski definition) is 3. The fourth-order valence-corrected chi connectivity index (χ4v) is 2.70. The summed E-state index contributed by atoms with van der Waals surface area (Å²) >= 11 is 0. The van der Waals surface area contributed by atoms with Gasteiger partial charge in [-0.2, -0.15) is 0 Å². The van der Waals surface area contributed by atoms with Crippen LogP contribution in [0.2, 0.25) is 0 Å². The van der Waals surface area contributed by atoms with E-state index in [-0.39, 0.29) is 0 Å². The van der Waals surface area contributed by atoms with Crippen molar-refractivity contribution < 1.29 is 4.74 Å². The molecule has 0 spiro atoms. The second-order valence-electron chi connectivity index (χ2n) is 5.08. The summed E-state index contributed by atoms with van der Waals surface area (Å²) in [5.74, 6) is 0. The Morgan fingerprint density at radius 3 is 2.67 bits per heavy atom. The molecule has 1 heterocycles. The summed E-state index contributed by atoms with van der Waals surface area (Å²) < 4.78 is 5.29. The van der Waals surface area contributed by atoms with E-state index in [0.717, 1.165) is 26.1 Å². The van der Waals surface area contributed by atoms with Crippen molar-refractivity contribution in [3.8, 4) is 0 Å². The highest BCUT2D eigenvalue weighted by Gasteiger charge is 2.23. The summed E-state index contributed by atoms with van der Waals surface area (Å²) in [5, 5.41) is 0. The molecule has 2 N–H and O–H groups in total. The lowest BCUT2D eigenvalue weighted by molar-refractivity contribution is 0.112. The molecule has 1 saturated heterocycles. The normalized spacial score (nSPS) is 20.4. The van der Waals surface area contributed by atoms with Crippen molar-refractivity contribution in [2.45, 2.75) is 31.8 Å². The first-order chi connectivity index (χ1) is 8.83. The number of ether oxygens (including phenoxy) is 1. The van der Waals surface area contributed by atoms with Gasteiger partial charge in [-0.3, -0.25) is 4.90 Å². The van der Waals surface area contributed by atoms with Crippen LogP contribution in [0.3, 0.4) is 0 Å². The highest BCUT2D eigenvalue weighted by Crippen LogP contribution is 2.20. The summed E-state index contributed by atoms with van der Waals surface area (Å²) in [6.07, 6.45) is 3.52. The van der Waals surface area contributed by atoms with Gasteiger partial charge < -0.3 is 10.5 Å². The molecule has 100 valence electrons. The molecule has 18 heavy (non-hydrogen) atoms. The van der Waals surface area contributed by atoms with E-state index in [1.165, 1.54) is 30.5 Å². The molecular formula is C15H24N2O. The zero-order valence-electron chi connectivity index (χ0n) is 11.3. The minimum atomic E-state index is 0.596. The van der Waals surface area contributed by atoms with Gasteiger partial charge in [0.15, 0.2) is 0 Å². The van der Waals surface area contributed by atoms with Crippen molar-refractivity contribution in [2.75, 3.05) is 26.8 Å². The van der Waals surface area contributed by atoms with Crippen molar-refractivity contribution in [3.05, 3.63) is 35.4 Å². The standard InChI is InChI=1S/C15H24N2O/c1-18-12-15-3-2-10-17(15)11-14-6-4-13(5-7-14)8-9-16/h4-7,15H,2-3,8-12,16H2,1H3. The van der Waals surface area contributed by atoms with Crippen LogP contribution >= 0.6 is 0 Å². The van der Waals surface area contributed by atoms with E-state index >= 15 is 0 Å². The average Bonchev–Trinajstić information content (AvgIpc) is 2.80. The van der Waals surface area contributed by atoms with Gasteiger partial charge in [0, 0.05) is 19.7 Å². The molecule has 1 atom stereocenters. The second kappa shape index (κ2) is 6.88. The molecule has 0 aromatic heterocycles. The van der Waals surface area contributed by atoms with Gasteiger partial charge in [-0.15, -0.1) is 0 Å². The van der Waals surface area contributed by atoms with E-state index in [4.69, 9.17) is 10.5 Å². The lowest BCUT2D eigenvalue weighted by Gasteiger charge is -2.23.